The van der Waals surface area contributed by atoms with Crippen molar-refractivity contribution < 1.29 is 173 Å². The molecule has 0 aromatic carbocycles. The van der Waals surface area contributed by atoms with E-state index in [1.54, 1.807) is 0.515 Å². The first-order valence-corrected chi connectivity index (χ1v) is 12.8. The van der Waals surface area contributed by atoms with Gasteiger partial charge in [-0.1, -0.05) is 26.2 Å². The molecule has 0 saturated heterocycles. The Morgan fingerprint density at radius 1 is 0.600 bits per heavy atom. The van der Waals surface area contributed by atoms with Gasteiger partial charge < -0.3 is 19.2 Å². The van der Waals surface area contributed by atoms with Crippen LogP contribution in [0.25, 0.3) is 0 Å². The van der Waals surface area contributed by atoms with E-state index in [-0.39, 0.29) is 154 Å². The number of hydrogen-bond acceptors (Lipinski definition) is 4. The number of unbranched alkanes of at least 4 members (excludes halogenated alkanes) is 13. The second-order valence-electron chi connectivity index (χ2n) is 6.04. The first-order chi connectivity index (χ1) is 10.4. The van der Waals surface area contributed by atoms with Gasteiger partial charge in [0.1, 0.15) is 0 Å². The van der Waals surface area contributed by atoms with E-state index in [0.29, 0.717) is 0 Å². The monoisotopic (exact) mass is 476 g/mol. The van der Waals surface area contributed by atoms with Gasteiger partial charge in [0.15, 0.2) is 0 Å². The second kappa shape index (κ2) is 35.2. The molecule has 0 spiro atoms. The standard InChI is InChI=1S/C16H33.4K.H3O4P/c1-3-5-7-9-11-13-15-16-14-12-10-8-6-4-2;;;;;1-5(2,3)4/h1,3-16H2,2H3;;;;;(H3,1,2,3,4)/q;;3*+1;/p-3. The Kier molecular flexibility index (Phi) is 59.0. The molecule has 0 fully saturated rings. The molecule has 0 amide bonds. The number of rotatable bonds is 14. The number of hydrogen-bond donors (Lipinski definition) is 0. The van der Waals surface area contributed by atoms with Gasteiger partial charge in [0.2, 0.25) is 0 Å². The number of phosphoric acid groups is 1. The van der Waals surface area contributed by atoms with Crippen LogP contribution in [-0.4, -0.2) is 49.0 Å². The summed E-state index contributed by atoms with van der Waals surface area (Å²) in [6.45, 7) is 2.29. The maximum Gasteiger partial charge on any atom is 1.00 e. The quantitative estimate of drug-likeness (QED) is 0.142. The third kappa shape index (κ3) is 59.0. The Bertz CT molecular complexity index is 234. The first kappa shape index (κ1) is 41.9. The molecule has 0 rings (SSSR count). The third-order valence-corrected chi connectivity index (χ3v) is 4.81. The minimum atomic E-state index is -5.39. The van der Waals surface area contributed by atoms with Crippen LogP contribution in [0.3, 0.4) is 0 Å². The van der Waals surface area contributed by atoms with Crippen molar-refractivity contribution in [1.82, 2.24) is 0 Å². The molecule has 0 aromatic heterocycles. The largest absolute Gasteiger partial charge is 1.00 e. The molecule has 0 aliphatic heterocycles. The average Bonchev–Trinajstić information content (AvgIpc) is 2.42. The summed E-state index contributed by atoms with van der Waals surface area (Å²) < 4.78 is 10.1. The Morgan fingerprint density at radius 3 is 1.00 bits per heavy atom. The van der Waals surface area contributed by atoms with Gasteiger partial charge in [-0.15, -0.1) is 0 Å². The van der Waals surface area contributed by atoms with Crippen molar-refractivity contribution in [1.29, 1.82) is 0 Å². The van der Waals surface area contributed by atoms with Gasteiger partial charge in [0.25, 0.3) is 0 Å². The molecular weight excluding hydrogens is 444 g/mol. The molecule has 0 aliphatic carbocycles. The SMILES string of the molecule is CCCCCCCCCCCCCCC[CH2][K].O=P([O-])([O-])[O-].[K+].[K+].[K+]. The molecule has 0 heterocycles. The van der Waals surface area contributed by atoms with Gasteiger partial charge in [0.05, 0.1) is 0 Å². The van der Waals surface area contributed by atoms with Gasteiger partial charge in [-0.2, -0.15) is 7.82 Å². The summed E-state index contributed by atoms with van der Waals surface area (Å²) in [7, 11) is -5.39. The summed E-state index contributed by atoms with van der Waals surface area (Å²) in [6.07, 6.45) is 20.8. The van der Waals surface area contributed by atoms with Crippen LogP contribution in [0.1, 0.15) is 96.8 Å². The summed E-state index contributed by atoms with van der Waals surface area (Å²) in [6, 6.07) is 0. The van der Waals surface area contributed by atoms with Crippen LogP contribution in [0.4, 0.5) is 0 Å². The first-order valence-electron chi connectivity index (χ1n) is 9.14. The second-order valence-corrected chi connectivity index (χ2v) is 8.50. The van der Waals surface area contributed by atoms with Crippen molar-refractivity contribution >= 4 is 56.8 Å². The zero-order valence-electron chi connectivity index (χ0n) is 17.7. The maximum atomic E-state index is 8.55. The van der Waals surface area contributed by atoms with E-state index in [0.717, 1.165) is 49.0 Å². The van der Waals surface area contributed by atoms with Crippen LogP contribution in [0.5, 0.6) is 0 Å². The van der Waals surface area contributed by atoms with E-state index in [1.807, 2.05) is 0 Å². The molecular formula is C16H33K4O4P. The zero-order chi connectivity index (χ0) is 17.1. The van der Waals surface area contributed by atoms with E-state index in [1.165, 1.54) is 89.9 Å². The molecule has 0 bridgehead atoms. The summed E-state index contributed by atoms with van der Waals surface area (Å²) in [5.41, 5.74) is 0. The van der Waals surface area contributed by atoms with Crippen molar-refractivity contribution in [2.24, 2.45) is 0 Å². The summed E-state index contributed by atoms with van der Waals surface area (Å²) in [4.78, 5) is 25.6. The van der Waals surface area contributed by atoms with E-state index >= 15 is 0 Å². The van der Waals surface area contributed by atoms with Crippen molar-refractivity contribution in [3.63, 3.8) is 0 Å². The molecule has 25 heavy (non-hydrogen) atoms. The molecule has 0 N–H and O–H groups in total. The summed E-state index contributed by atoms with van der Waals surface area (Å²) >= 11 is 1.10. The fraction of sp³-hybridized carbons (Fsp3) is 1.00. The molecule has 0 saturated carbocycles. The minimum absolute atomic E-state index is 0. The van der Waals surface area contributed by atoms with E-state index in [4.69, 9.17) is 19.2 Å². The van der Waals surface area contributed by atoms with Crippen LogP contribution >= 0.6 is 7.82 Å². The Labute approximate surface area is 318 Å². The average molecular weight is 477 g/mol. The van der Waals surface area contributed by atoms with E-state index in [9.17, 15) is 0 Å². The van der Waals surface area contributed by atoms with Crippen LogP contribution in [-0.2, 0) is 4.57 Å². The molecule has 0 atom stereocenters. The fourth-order valence-electron chi connectivity index (χ4n) is 2.44. The van der Waals surface area contributed by atoms with Crippen LogP contribution in [0, 0.1) is 0 Å². The molecule has 9 heteroatoms. The van der Waals surface area contributed by atoms with Crippen molar-refractivity contribution in [2.75, 3.05) is 0 Å². The van der Waals surface area contributed by atoms with Crippen LogP contribution in [0.2, 0.25) is 0.515 Å². The Balaban J connectivity index is -0.000000147. The predicted octanol–water partition coefficient (Wildman–Crippen LogP) is -5.76. The summed E-state index contributed by atoms with van der Waals surface area (Å²) in [5.74, 6) is 0. The predicted molar refractivity (Wildman–Crippen MR) is 88.5 cm³/mol. The molecule has 0 aliphatic rings. The maximum absolute atomic E-state index is 8.55. The van der Waals surface area contributed by atoms with Crippen LogP contribution < -0.4 is 169 Å². The summed E-state index contributed by atoms with van der Waals surface area (Å²) in [5, 5.41) is 0. The fourth-order valence-corrected chi connectivity index (χ4v) is 3.23. The molecule has 0 radical (unpaired) electrons. The molecule has 4 nitrogen and oxygen atoms in total. The Hall–Kier alpha value is 6.66. The normalized spacial score (nSPS) is 9.84. The zero-order valence-corrected chi connectivity index (χ0v) is 31.1. The van der Waals surface area contributed by atoms with Crippen molar-refractivity contribution in [3.8, 4) is 0 Å². The van der Waals surface area contributed by atoms with Gasteiger partial charge in [-0.05, 0) is 0 Å². The van der Waals surface area contributed by atoms with E-state index < -0.39 is 7.82 Å². The van der Waals surface area contributed by atoms with Gasteiger partial charge in [0, 0.05) is 0 Å². The Morgan fingerprint density at radius 2 is 0.800 bits per heavy atom. The van der Waals surface area contributed by atoms with Crippen molar-refractivity contribution in [3.05, 3.63) is 0 Å². The third-order valence-electron chi connectivity index (χ3n) is 3.71. The molecule has 0 aromatic rings. The van der Waals surface area contributed by atoms with Gasteiger partial charge >= 0.3 is 274 Å². The van der Waals surface area contributed by atoms with Crippen LogP contribution in [0.15, 0.2) is 0 Å². The smallest absolute Gasteiger partial charge is 0.822 e. The van der Waals surface area contributed by atoms with Gasteiger partial charge in [-0.25, -0.2) is 0 Å². The van der Waals surface area contributed by atoms with E-state index in [2.05, 4.69) is 6.92 Å². The van der Waals surface area contributed by atoms with Crippen molar-refractivity contribution in [2.45, 2.75) is 97.3 Å². The van der Waals surface area contributed by atoms with Gasteiger partial charge in [-0.3, -0.25) is 0 Å². The molecule has 0 unspecified atom stereocenters. The molecule has 130 valence electrons. The topological polar surface area (TPSA) is 86.2 Å². The minimum Gasteiger partial charge on any atom is -0.822 e.